The summed E-state index contributed by atoms with van der Waals surface area (Å²) in [6.07, 6.45) is 0. The normalized spacial score (nSPS) is 11.9. The van der Waals surface area contributed by atoms with Crippen LogP contribution in [0.15, 0.2) is 36.4 Å². The molecule has 0 heterocycles. The van der Waals surface area contributed by atoms with Crippen molar-refractivity contribution < 1.29 is 13.9 Å². The standard InChI is InChI=1S/C16H17ClFNO2/c1-10(11-4-6-15(20-2)13(18)8-11)19-14-9-12(17)5-7-16(14)21-3/h4-10,19H,1-3H3. The molecule has 2 rings (SSSR count). The van der Waals surface area contributed by atoms with Crippen LogP contribution in [-0.4, -0.2) is 14.2 Å². The minimum Gasteiger partial charge on any atom is -0.495 e. The van der Waals surface area contributed by atoms with E-state index in [4.69, 9.17) is 21.1 Å². The van der Waals surface area contributed by atoms with Crippen LogP contribution in [0.1, 0.15) is 18.5 Å². The van der Waals surface area contributed by atoms with Crippen molar-refractivity contribution in [2.75, 3.05) is 19.5 Å². The van der Waals surface area contributed by atoms with E-state index in [9.17, 15) is 4.39 Å². The highest BCUT2D eigenvalue weighted by atomic mass is 35.5. The van der Waals surface area contributed by atoms with E-state index in [1.54, 1.807) is 31.4 Å². The van der Waals surface area contributed by atoms with Gasteiger partial charge in [0.15, 0.2) is 11.6 Å². The van der Waals surface area contributed by atoms with E-state index < -0.39 is 0 Å². The maximum absolute atomic E-state index is 13.8. The first kappa shape index (κ1) is 15.4. The molecule has 0 saturated carbocycles. The van der Waals surface area contributed by atoms with Crippen LogP contribution in [0.5, 0.6) is 11.5 Å². The summed E-state index contributed by atoms with van der Waals surface area (Å²) in [7, 11) is 3.03. The van der Waals surface area contributed by atoms with E-state index >= 15 is 0 Å². The molecule has 0 aliphatic heterocycles. The maximum atomic E-state index is 13.8. The number of ether oxygens (including phenoxy) is 2. The van der Waals surface area contributed by atoms with Gasteiger partial charge >= 0.3 is 0 Å². The Labute approximate surface area is 128 Å². The molecule has 1 N–H and O–H groups in total. The summed E-state index contributed by atoms with van der Waals surface area (Å²) in [6, 6.07) is 10.1. The van der Waals surface area contributed by atoms with Crippen LogP contribution in [-0.2, 0) is 0 Å². The molecular formula is C16H17ClFNO2. The zero-order valence-electron chi connectivity index (χ0n) is 12.1. The molecule has 0 aliphatic rings. The van der Waals surface area contributed by atoms with Gasteiger partial charge in [-0.05, 0) is 42.8 Å². The fourth-order valence-electron chi connectivity index (χ4n) is 2.06. The summed E-state index contributed by atoms with van der Waals surface area (Å²) in [5.41, 5.74) is 1.56. The van der Waals surface area contributed by atoms with Gasteiger partial charge < -0.3 is 14.8 Å². The van der Waals surface area contributed by atoms with Crippen LogP contribution < -0.4 is 14.8 Å². The molecule has 0 amide bonds. The third-order valence-corrected chi connectivity index (χ3v) is 3.44. The van der Waals surface area contributed by atoms with Crippen molar-refractivity contribution in [1.82, 2.24) is 0 Å². The zero-order chi connectivity index (χ0) is 15.4. The zero-order valence-corrected chi connectivity index (χ0v) is 12.9. The Balaban J connectivity index is 2.23. The molecule has 21 heavy (non-hydrogen) atoms. The molecule has 0 radical (unpaired) electrons. The molecule has 1 atom stereocenters. The Bertz CT molecular complexity index is 634. The molecule has 0 bridgehead atoms. The van der Waals surface area contributed by atoms with Gasteiger partial charge in [0.25, 0.3) is 0 Å². The van der Waals surface area contributed by atoms with E-state index in [0.29, 0.717) is 10.8 Å². The molecule has 3 nitrogen and oxygen atoms in total. The van der Waals surface area contributed by atoms with Gasteiger partial charge in [0, 0.05) is 11.1 Å². The Kier molecular flexibility index (Phi) is 4.91. The lowest BCUT2D eigenvalue weighted by molar-refractivity contribution is 0.386. The third-order valence-electron chi connectivity index (χ3n) is 3.21. The van der Waals surface area contributed by atoms with Crippen molar-refractivity contribution in [2.24, 2.45) is 0 Å². The Morgan fingerprint density at radius 3 is 2.33 bits per heavy atom. The van der Waals surface area contributed by atoms with Crippen LogP contribution in [0.4, 0.5) is 10.1 Å². The van der Waals surface area contributed by atoms with Crippen LogP contribution in [0, 0.1) is 5.82 Å². The van der Waals surface area contributed by atoms with Crippen molar-refractivity contribution in [3.8, 4) is 11.5 Å². The predicted molar refractivity (Wildman–Crippen MR) is 83.0 cm³/mol. The van der Waals surface area contributed by atoms with Crippen LogP contribution in [0.2, 0.25) is 5.02 Å². The molecule has 0 spiro atoms. The fourth-order valence-corrected chi connectivity index (χ4v) is 2.23. The Morgan fingerprint density at radius 1 is 1.05 bits per heavy atom. The van der Waals surface area contributed by atoms with Gasteiger partial charge in [0.2, 0.25) is 0 Å². The number of hydrogen-bond acceptors (Lipinski definition) is 3. The average molecular weight is 310 g/mol. The number of benzene rings is 2. The number of rotatable bonds is 5. The molecule has 0 fully saturated rings. The summed E-state index contributed by atoms with van der Waals surface area (Å²) in [4.78, 5) is 0. The quantitative estimate of drug-likeness (QED) is 0.870. The van der Waals surface area contributed by atoms with Crippen molar-refractivity contribution >= 4 is 17.3 Å². The Hall–Kier alpha value is -1.94. The SMILES string of the molecule is COc1ccc(C(C)Nc2cc(Cl)ccc2OC)cc1F. The van der Waals surface area contributed by atoms with Crippen molar-refractivity contribution in [3.63, 3.8) is 0 Å². The van der Waals surface area contributed by atoms with Gasteiger partial charge in [-0.3, -0.25) is 0 Å². The Morgan fingerprint density at radius 2 is 1.71 bits per heavy atom. The van der Waals surface area contributed by atoms with Crippen LogP contribution >= 0.6 is 11.6 Å². The number of halogens is 2. The van der Waals surface area contributed by atoms with Gasteiger partial charge in [-0.15, -0.1) is 0 Å². The van der Waals surface area contributed by atoms with E-state index in [1.807, 2.05) is 13.0 Å². The monoisotopic (exact) mass is 309 g/mol. The number of hydrogen-bond donors (Lipinski definition) is 1. The maximum Gasteiger partial charge on any atom is 0.165 e. The topological polar surface area (TPSA) is 30.5 Å². The van der Waals surface area contributed by atoms with Crippen LogP contribution in [0.25, 0.3) is 0 Å². The van der Waals surface area contributed by atoms with E-state index in [2.05, 4.69) is 5.32 Å². The summed E-state index contributed by atoms with van der Waals surface area (Å²) in [5.74, 6) is 0.522. The summed E-state index contributed by atoms with van der Waals surface area (Å²) in [6.45, 7) is 1.93. The van der Waals surface area contributed by atoms with Crippen LogP contribution in [0.3, 0.4) is 0 Å². The molecule has 0 saturated heterocycles. The van der Waals surface area contributed by atoms with Gasteiger partial charge in [-0.2, -0.15) is 0 Å². The van der Waals surface area contributed by atoms with Gasteiger partial charge in [0.1, 0.15) is 5.75 Å². The average Bonchev–Trinajstić information content (AvgIpc) is 2.47. The molecule has 112 valence electrons. The number of anilines is 1. The second-order valence-electron chi connectivity index (χ2n) is 4.60. The minimum atomic E-state index is -0.387. The molecule has 0 aromatic heterocycles. The van der Waals surface area contributed by atoms with E-state index in [1.165, 1.54) is 13.2 Å². The highest BCUT2D eigenvalue weighted by Gasteiger charge is 2.12. The van der Waals surface area contributed by atoms with Gasteiger partial charge in [-0.1, -0.05) is 17.7 Å². The number of nitrogens with one attached hydrogen (secondary N) is 1. The second-order valence-corrected chi connectivity index (χ2v) is 5.04. The number of methoxy groups -OCH3 is 2. The van der Waals surface area contributed by atoms with Crippen molar-refractivity contribution in [2.45, 2.75) is 13.0 Å². The van der Waals surface area contributed by atoms with Crippen molar-refractivity contribution in [3.05, 3.63) is 52.8 Å². The molecular weight excluding hydrogens is 293 g/mol. The van der Waals surface area contributed by atoms with Gasteiger partial charge in [-0.25, -0.2) is 4.39 Å². The summed E-state index contributed by atoms with van der Waals surface area (Å²) >= 11 is 6.00. The second kappa shape index (κ2) is 6.68. The molecule has 0 aliphatic carbocycles. The first-order valence-electron chi connectivity index (χ1n) is 6.48. The highest BCUT2D eigenvalue weighted by Crippen LogP contribution is 2.31. The van der Waals surface area contributed by atoms with E-state index in [0.717, 1.165) is 11.3 Å². The third kappa shape index (κ3) is 3.58. The largest absolute Gasteiger partial charge is 0.495 e. The van der Waals surface area contributed by atoms with E-state index in [-0.39, 0.29) is 17.6 Å². The van der Waals surface area contributed by atoms with Gasteiger partial charge in [0.05, 0.1) is 19.9 Å². The molecule has 2 aromatic carbocycles. The smallest absolute Gasteiger partial charge is 0.165 e. The first-order valence-corrected chi connectivity index (χ1v) is 6.86. The molecule has 5 heteroatoms. The lowest BCUT2D eigenvalue weighted by Crippen LogP contribution is -2.08. The lowest BCUT2D eigenvalue weighted by Gasteiger charge is -2.18. The van der Waals surface area contributed by atoms with Crippen molar-refractivity contribution in [1.29, 1.82) is 0 Å². The first-order chi connectivity index (χ1) is 10.0. The molecule has 1 unspecified atom stereocenters. The minimum absolute atomic E-state index is 0.113. The summed E-state index contributed by atoms with van der Waals surface area (Å²) < 4.78 is 24.0. The predicted octanol–water partition coefficient (Wildman–Crippen LogP) is 4.67. The molecule has 2 aromatic rings. The highest BCUT2D eigenvalue weighted by molar-refractivity contribution is 6.30. The lowest BCUT2D eigenvalue weighted by atomic mass is 10.1. The fraction of sp³-hybridized carbons (Fsp3) is 0.250. The summed E-state index contributed by atoms with van der Waals surface area (Å²) in [5, 5.41) is 3.87.